The quantitative estimate of drug-likeness (QED) is 0.446. The molecule has 2 rings (SSSR count). The van der Waals surface area contributed by atoms with Crippen molar-refractivity contribution in [2.45, 2.75) is 13.0 Å². The molecule has 148 valence electrons. The number of nitrogen functional groups attached to an aromatic ring is 1. The Balaban J connectivity index is 2.18. The van der Waals surface area contributed by atoms with Crippen molar-refractivity contribution in [3.63, 3.8) is 0 Å². The molecule has 0 aromatic heterocycles. The Labute approximate surface area is 164 Å². The Morgan fingerprint density at radius 3 is 2.29 bits per heavy atom. The third-order valence-electron chi connectivity index (χ3n) is 4.19. The molecular weight excluding hydrogens is 360 g/mol. The SMILES string of the molecule is COC(=O)C(Cc1ccc(N)c(C(=O)N(C)C)c1)C(=O)OCc1ccccc1. The molecule has 0 bridgehead atoms. The monoisotopic (exact) mass is 384 g/mol. The van der Waals surface area contributed by atoms with Gasteiger partial charge in [0.25, 0.3) is 5.91 Å². The van der Waals surface area contributed by atoms with Gasteiger partial charge in [0.15, 0.2) is 5.92 Å². The third-order valence-corrected chi connectivity index (χ3v) is 4.19. The number of hydrogen-bond donors (Lipinski definition) is 1. The molecule has 0 spiro atoms. The number of carbonyl (C=O) groups excluding carboxylic acids is 3. The van der Waals surface area contributed by atoms with Crippen LogP contribution in [0.4, 0.5) is 5.69 Å². The summed E-state index contributed by atoms with van der Waals surface area (Å²) in [5.74, 6) is -2.79. The maximum Gasteiger partial charge on any atom is 0.321 e. The van der Waals surface area contributed by atoms with Gasteiger partial charge in [0, 0.05) is 19.8 Å². The number of benzene rings is 2. The number of anilines is 1. The topological polar surface area (TPSA) is 98.9 Å². The fourth-order valence-electron chi connectivity index (χ4n) is 2.63. The van der Waals surface area contributed by atoms with Gasteiger partial charge in [-0.15, -0.1) is 0 Å². The standard InChI is InChI=1S/C21H24N2O5/c1-23(2)19(24)16-11-15(9-10-18(16)22)12-17(20(25)27-3)21(26)28-13-14-7-5-4-6-8-14/h4-11,17H,12-13,22H2,1-3H3. The van der Waals surface area contributed by atoms with E-state index in [0.717, 1.165) is 5.56 Å². The Morgan fingerprint density at radius 2 is 1.68 bits per heavy atom. The van der Waals surface area contributed by atoms with E-state index in [9.17, 15) is 14.4 Å². The van der Waals surface area contributed by atoms with E-state index < -0.39 is 17.9 Å². The van der Waals surface area contributed by atoms with E-state index in [-0.39, 0.29) is 18.9 Å². The number of carbonyl (C=O) groups is 3. The van der Waals surface area contributed by atoms with Crippen LogP contribution >= 0.6 is 0 Å². The van der Waals surface area contributed by atoms with E-state index in [1.807, 2.05) is 30.3 Å². The summed E-state index contributed by atoms with van der Waals surface area (Å²) in [5.41, 5.74) is 7.93. The van der Waals surface area contributed by atoms with Crippen LogP contribution in [0.5, 0.6) is 0 Å². The number of ether oxygens (including phenoxy) is 2. The molecule has 1 amide bonds. The molecule has 0 saturated heterocycles. The Bertz CT molecular complexity index is 849. The summed E-state index contributed by atoms with van der Waals surface area (Å²) in [4.78, 5) is 38.3. The fraction of sp³-hybridized carbons (Fsp3) is 0.286. The molecule has 1 atom stereocenters. The lowest BCUT2D eigenvalue weighted by molar-refractivity contribution is -0.161. The van der Waals surface area contributed by atoms with E-state index in [1.165, 1.54) is 12.0 Å². The van der Waals surface area contributed by atoms with E-state index in [2.05, 4.69) is 0 Å². The molecule has 2 aromatic carbocycles. The highest BCUT2D eigenvalue weighted by Gasteiger charge is 2.30. The molecule has 28 heavy (non-hydrogen) atoms. The minimum absolute atomic E-state index is 0.0360. The summed E-state index contributed by atoms with van der Waals surface area (Å²) < 4.78 is 10.0. The number of esters is 2. The normalized spacial score (nSPS) is 11.4. The maximum absolute atomic E-state index is 12.5. The van der Waals surface area contributed by atoms with Gasteiger partial charge in [-0.25, -0.2) is 0 Å². The maximum atomic E-state index is 12.5. The third kappa shape index (κ3) is 5.33. The minimum atomic E-state index is -1.14. The first-order valence-electron chi connectivity index (χ1n) is 8.72. The second-order valence-electron chi connectivity index (χ2n) is 6.49. The molecule has 0 aliphatic rings. The first kappa shape index (κ1) is 21.0. The van der Waals surface area contributed by atoms with Crippen LogP contribution in [0.1, 0.15) is 21.5 Å². The molecule has 0 aliphatic heterocycles. The van der Waals surface area contributed by atoms with Gasteiger partial charge in [0.05, 0.1) is 12.7 Å². The van der Waals surface area contributed by atoms with Crippen molar-refractivity contribution in [2.75, 3.05) is 26.9 Å². The predicted molar refractivity (Wildman–Crippen MR) is 104 cm³/mol. The summed E-state index contributed by atoms with van der Waals surface area (Å²) in [6, 6.07) is 14.0. The van der Waals surface area contributed by atoms with Crippen LogP contribution in [-0.2, 0) is 32.1 Å². The largest absolute Gasteiger partial charge is 0.468 e. The first-order chi connectivity index (χ1) is 13.3. The number of amides is 1. The van der Waals surface area contributed by atoms with Crippen molar-refractivity contribution in [3.8, 4) is 0 Å². The highest BCUT2D eigenvalue weighted by Crippen LogP contribution is 2.20. The summed E-state index contributed by atoms with van der Waals surface area (Å²) in [7, 11) is 4.45. The van der Waals surface area contributed by atoms with Gasteiger partial charge >= 0.3 is 11.9 Å². The van der Waals surface area contributed by atoms with E-state index in [0.29, 0.717) is 16.8 Å². The van der Waals surface area contributed by atoms with Gasteiger partial charge in [-0.2, -0.15) is 0 Å². The highest BCUT2D eigenvalue weighted by molar-refractivity contribution is 5.99. The van der Waals surface area contributed by atoms with Gasteiger partial charge in [0.2, 0.25) is 0 Å². The lowest BCUT2D eigenvalue weighted by Crippen LogP contribution is -2.29. The molecule has 0 heterocycles. The smallest absolute Gasteiger partial charge is 0.321 e. The lowest BCUT2D eigenvalue weighted by Gasteiger charge is -2.16. The number of hydrogen-bond acceptors (Lipinski definition) is 6. The summed E-state index contributed by atoms with van der Waals surface area (Å²) in [5, 5.41) is 0. The number of rotatable bonds is 7. The van der Waals surface area contributed by atoms with Gasteiger partial charge in [-0.1, -0.05) is 36.4 Å². The van der Waals surface area contributed by atoms with Crippen LogP contribution in [0.3, 0.4) is 0 Å². The molecule has 1 unspecified atom stereocenters. The minimum Gasteiger partial charge on any atom is -0.468 e. The Morgan fingerprint density at radius 1 is 1.00 bits per heavy atom. The van der Waals surface area contributed by atoms with Gasteiger partial charge in [0.1, 0.15) is 6.61 Å². The van der Waals surface area contributed by atoms with Crippen molar-refractivity contribution >= 4 is 23.5 Å². The summed E-state index contributed by atoms with van der Waals surface area (Å²) in [6.07, 6.45) is 0.0360. The molecule has 0 aliphatic carbocycles. The zero-order valence-corrected chi connectivity index (χ0v) is 16.2. The Kier molecular flexibility index (Phi) is 7.14. The summed E-state index contributed by atoms with van der Waals surface area (Å²) >= 11 is 0. The average molecular weight is 384 g/mol. The zero-order valence-electron chi connectivity index (χ0n) is 16.2. The van der Waals surface area contributed by atoms with E-state index >= 15 is 0 Å². The molecule has 0 fully saturated rings. The average Bonchev–Trinajstić information content (AvgIpc) is 2.70. The zero-order chi connectivity index (χ0) is 20.7. The van der Waals surface area contributed by atoms with Crippen LogP contribution in [0, 0.1) is 5.92 Å². The van der Waals surface area contributed by atoms with E-state index in [4.69, 9.17) is 15.2 Å². The predicted octanol–water partition coefficient (Wildman–Crippen LogP) is 2.05. The molecule has 7 nitrogen and oxygen atoms in total. The highest BCUT2D eigenvalue weighted by atomic mass is 16.5. The van der Waals surface area contributed by atoms with Gasteiger partial charge < -0.3 is 20.1 Å². The molecule has 0 saturated carbocycles. The number of nitrogens with two attached hydrogens (primary N) is 1. The molecule has 2 N–H and O–H groups in total. The van der Waals surface area contributed by atoms with Crippen molar-refractivity contribution in [3.05, 3.63) is 65.2 Å². The van der Waals surface area contributed by atoms with Crippen LogP contribution in [-0.4, -0.2) is 44.0 Å². The van der Waals surface area contributed by atoms with Gasteiger partial charge in [-0.3, -0.25) is 14.4 Å². The van der Waals surface area contributed by atoms with Crippen LogP contribution in [0.15, 0.2) is 48.5 Å². The van der Waals surface area contributed by atoms with Crippen molar-refractivity contribution in [1.29, 1.82) is 0 Å². The molecule has 7 heteroatoms. The van der Waals surface area contributed by atoms with Crippen molar-refractivity contribution in [2.24, 2.45) is 5.92 Å². The van der Waals surface area contributed by atoms with Crippen LogP contribution in [0.25, 0.3) is 0 Å². The Hall–Kier alpha value is -3.35. The fourth-order valence-corrected chi connectivity index (χ4v) is 2.63. The van der Waals surface area contributed by atoms with Crippen LogP contribution in [0.2, 0.25) is 0 Å². The van der Waals surface area contributed by atoms with E-state index in [1.54, 1.807) is 32.3 Å². The molecule has 0 radical (unpaired) electrons. The van der Waals surface area contributed by atoms with Crippen molar-refractivity contribution < 1.29 is 23.9 Å². The van der Waals surface area contributed by atoms with Crippen LogP contribution < -0.4 is 5.73 Å². The second-order valence-corrected chi connectivity index (χ2v) is 6.49. The van der Waals surface area contributed by atoms with Gasteiger partial charge in [-0.05, 0) is 29.7 Å². The molecule has 2 aromatic rings. The number of methoxy groups -OCH3 is 1. The second kappa shape index (κ2) is 9.55. The number of nitrogens with zero attached hydrogens (tertiary/aromatic N) is 1. The molecular formula is C21H24N2O5. The lowest BCUT2D eigenvalue weighted by atomic mass is 9.97. The first-order valence-corrected chi connectivity index (χ1v) is 8.72. The summed E-state index contributed by atoms with van der Waals surface area (Å²) in [6.45, 7) is 0.0548. The van der Waals surface area contributed by atoms with Crippen molar-refractivity contribution in [1.82, 2.24) is 4.90 Å².